The molecule has 0 saturated heterocycles. The third-order valence-electron chi connectivity index (χ3n) is 3.49. The molecule has 1 atom stereocenters. The van der Waals surface area contributed by atoms with Gasteiger partial charge in [0.25, 0.3) is 0 Å². The Morgan fingerprint density at radius 1 is 1.15 bits per heavy atom. The van der Waals surface area contributed by atoms with Gasteiger partial charge in [-0.15, -0.1) is 0 Å². The van der Waals surface area contributed by atoms with Gasteiger partial charge < -0.3 is 5.32 Å². The Labute approximate surface area is 121 Å². The summed E-state index contributed by atoms with van der Waals surface area (Å²) in [5.74, 6) is 0.800. The van der Waals surface area contributed by atoms with Gasteiger partial charge in [-0.25, -0.2) is 9.97 Å². The standard InChI is InChI=1S/C17H23N3/c1-5-10-18-13(3)16-11-19-17(20-14(16)4)15-8-6-12(2)7-9-15/h6-9,11,13,18H,5,10H2,1-4H3. The number of aryl methyl sites for hydroxylation is 2. The number of nitrogens with zero attached hydrogens (tertiary/aromatic N) is 2. The van der Waals surface area contributed by atoms with Crippen LogP contribution >= 0.6 is 0 Å². The van der Waals surface area contributed by atoms with Crippen LogP contribution in [0, 0.1) is 13.8 Å². The smallest absolute Gasteiger partial charge is 0.159 e. The lowest BCUT2D eigenvalue weighted by molar-refractivity contribution is 0.564. The number of benzene rings is 1. The molecule has 0 aliphatic carbocycles. The SMILES string of the molecule is CCCNC(C)c1cnc(-c2ccc(C)cc2)nc1C. The van der Waals surface area contributed by atoms with E-state index in [1.807, 2.05) is 6.20 Å². The quantitative estimate of drug-likeness (QED) is 0.896. The lowest BCUT2D eigenvalue weighted by atomic mass is 10.1. The Kier molecular flexibility index (Phi) is 4.85. The van der Waals surface area contributed by atoms with Gasteiger partial charge in [0.2, 0.25) is 0 Å². The fraction of sp³-hybridized carbons (Fsp3) is 0.412. The fourth-order valence-corrected chi connectivity index (χ4v) is 2.21. The van der Waals surface area contributed by atoms with E-state index in [0.29, 0.717) is 6.04 Å². The highest BCUT2D eigenvalue weighted by atomic mass is 14.9. The maximum absolute atomic E-state index is 4.65. The molecule has 2 rings (SSSR count). The van der Waals surface area contributed by atoms with E-state index >= 15 is 0 Å². The van der Waals surface area contributed by atoms with Crippen LogP contribution in [0.2, 0.25) is 0 Å². The first kappa shape index (κ1) is 14.7. The molecule has 1 heterocycles. The van der Waals surface area contributed by atoms with Crippen LogP contribution in [0.1, 0.15) is 43.1 Å². The monoisotopic (exact) mass is 269 g/mol. The Bertz CT molecular complexity index is 561. The van der Waals surface area contributed by atoms with E-state index in [9.17, 15) is 0 Å². The van der Waals surface area contributed by atoms with E-state index in [-0.39, 0.29) is 0 Å². The fourth-order valence-electron chi connectivity index (χ4n) is 2.21. The van der Waals surface area contributed by atoms with Gasteiger partial charge in [-0.1, -0.05) is 36.8 Å². The average Bonchev–Trinajstić information content (AvgIpc) is 2.45. The first-order valence-corrected chi connectivity index (χ1v) is 7.25. The van der Waals surface area contributed by atoms with Crippen molar-refractivity contribution in [1.29, 1.82) is 0 Å². The topological polar surface area (TPSA) is 37.8 Å². The highest BCUT2D eigenvalue weighted by molar-refractivity contribution is 5.55. The zero-order chi connectivity index (χ0) is 14.5. The average molecular weight is 269 g/mol. The van der Waals surface area contributed by atoms with Crippen LogP contribution in [0.25, 0.3) is 11.4 Å². The Balaban J connectivity index is 2.23. The molecule has 0 aliphatic rings. The van der Waals surface area contributed by atoms with Gasteiger partial charge in [0.15, 0.2) is 5.82 Å². The first-order chi connectivity index (χ1) is 9.61. The minimum absolute atomic E-state index is 0.294. The molecular weight excluding hydrogens is 246 g/mol. The van der Waals surface area contributed by atoms with Gasteiger partial charge in [0.1, 0.15) is 0 Å². The number of rotatable bonds is 5. The lowest BCUT2D eigenvalue weighted by Crippen LogP contribution is -2.20. The first-order valence-electron chi connectivity index (χ1n) is 7.25. The number of aromatic nitrogens is 2. The molecule has 3 nitrogen and oxygen atoms in total. The van der Waals surface area contributed by atoms with Gasteiger partial charge in [0, 0.05) is 29.1 Å². The molecule has 1 unspecified atom stereocenters. The second kappa shape index (κ2) is 6.62. The molecule has 3 heteroatoms. The normalized spacial score (nSPS) is 12.4. The van der Waals surface area contributed by atoms with Gasteiger partial charge in [-0.2, -0.15) is 0 Å². The van der Waals surface area contributed by atoms with Crippen molar-refractivity contribution in [2.75, 3.05) is 6.54 Å². The Morgan fingerprint density at radius 3 is 2.45 bits per heavy atom. The van der Waals surface area contributed by atoms with Crippen molar-refractivity contribution in [3.63, 3.8) is 0 Å². The van der Waals surface area contributed by atoms with Crippen LogP contribution in [0.15, 0.2) is 30.5 Å². The van der Waals surface area contributed by atoms with Crippen molar-refractivity contribution >= 4 is 0 Å². The summed E-state index contributed by atoms with van der Waals surface area (Å²) in [5.41, 5.74) is 4.54. The molecule has 106 valence electrons. The van der Waals surface area contributed by atoms with Crippen LogP contribution in [0.4, 0.5) is 0 Å². The zero-order valence-corrected chi connectivity index (χ0v) is 12.8. The summed E-state index contributed by atoms with van der Waals surface area (Å²) in [6, 6.07) is 8.62. The van der Waals surface area contributed by atoms with Gasteiger partial charge in [-0.05, 0) is 33.7 Å². The molecule has 2 aromatic rings. The molecule has 0 saturated carbocycles. The Hall–Kier alpha value is -1.74. The largest absolute Gasteiger partial charge is 0.310 e. The van der Waals surface area contributed by atoms with Crippen molar-refractivity contribution in [2.24, 2.45) is 0 Å². The molecule has 0 bridgehead atoms. The van der Waals surface area contributed by atoms with Gasteiger partial charge in [-0.3, -0.25) is 0 Å². The summed E-state index contributed by atoms with van der Waals surface area (Å²) >= 11 is 0. The van der Waals surface area contributed by atoms with E-state index in [0.717, 1.165) is 30.0 Å². The van der Waals surface area contributed by atoms with Gasteiger partial charge in [0.05, 0.1) is 0 Å². The molecule has 1 N–H and O–H groups in total. The molecule has 20 heavy (non-hydrogen) atoms. The minimum Gasteiger partial charge on any atom is -0.310 e. The minimum atomic E-state index is 0.294. The molecule has 1 aromatic carbocycles. The molecule has 0 spiro atoms. The van der Waals surface area contributed by atoms with Crippen LogP contribution in [-0.2, 0) is 0 Å². The maximum atomic E-state index is 4.65. The van der Waals surface area contributed by atoms with Crippen molar-refractivity contribution in [3.8, 4) is 11.4 Å². The third-order valence-corrected chi connectivity index (χ3v) is 3.49. The highest BCUT2D eigenvalue weighted by Gasteiger charge is 2.11. The number of hydrogen-bond acceptors (Lipinski definition) is 3. The zero-order valence-electron chi connectivity index (χ0n) is 12.8. The van der Waals surface area contributed by atoms with Crippen molar-refractivity contribution in [2.45, 2.75) is 40.2 Å². The molecule has 0 radical (unpaired) electrons. The molecule has 0 amide bonds. The molecular formula is C17H23N3. The van der Waals surface area contributed by atoms with Gasteiger partial charge >= 0.3 is 0 Å². The van der Waals surface area contributed by atoms with E-state index in [2.05, 4.69) is 67.2 Å². The van der Waals surface area contributed by atoms with Crippen LogP contribution < -0.4 is 5.32 Å². The van der Waals surface area contributed by atoms with E-state index < -0.39 is 0 Å². The van der Waals surface area contributed by atoms with Crippen molar-refractivity contribution < 1.29 is 0 Å². The van der Waals surface area contributed by atoms with E-state index in [1.165, 1.54) is 11.1 Å². The summed E-state index contributed by atoms with van der Waals surface area (Å²) in [5, 5.41) is 3.48. The number of nitrogens with one attached hydrogen (secondary N) is 1. The predicted molar refractivity (Wildman–Crippen MR) is 83.7 cm³/mol. The highest BCUT2D eigenvalue weighted by Crippen LogP contribution is 2.20. The van der Waals surface area contributed by atoms with Crippen LogP contribution in [0.3, 0.4) is 0 Å². The van der Waals surface area contributed by atoms with E-state index in [4.69, 9.17) is 0 Å². The molecule has 0 fully saturated rings. The molecule has 0 aliphatic heterocycles. The lowest BCUT2D eigenvalue weighted by Gasteiger charge is -2.15. The summed E-state index contributed by atoms with van der Waals surface area (Å²) in [4.78, 5) is 9.17. The summed E-state index contributed by atoms with van der Waals surface area (Å²) < 4.78 is 0. The second-order valence-electron chi connectivity index (χ2n) is 5.28. The second-order valence-corrected chi connectivity index (χ2v) is 5.28. The molecule has 1 aromatic heterocycles. The predicted octanol–water partition coefficient (Wildman–Crippen LogP) is 3.82. The van der Waals surface area contributed by atoms with Crippen LogP contribution in [0.5, 0.6) is 0 Å². The van der Waals surface area contributed by atoms with Crippen LogP contribution in [-0.4, -0.2) is 16.5 Å². The van der Waals surface area contributed by atoms with Crippen molar-refractivity contribution in [1.82, 2.24) is 15.3 Å². The third kappa shape index (κ3) is 3.42. The maximum Gasteiger partial charge on any atom is 0.159 e. The Morgan fingerprint density at radius 2 is 1.85 bits per heavy atom. The summed E-state index contributed by atoms with van der Waals surface area (Å²) in [6.45, 7) is 9.48. The summed E-state index contributed by atoms with van der Waals surface area (Å²) in [7, 11) is 0. The summed E-state index contributed by atoms with van der Waals surface area (Å²) in [6.07, 6.45) is 3.08. The van der Waals surface area contributed by atoms with E-state index in [1.54, 1.807) is 0 Å². The van der Waals surface area contributed by atoms with Crippen molar-refractivity contribution in [3.05, 3.63) is 47.3 Å². The number of hydrogen-bond donors (Lipinski definition) is 1.